The average molecular weight is 375 g/mol. The number of amides is 1. The molecule has 0 radical (unpaired) electrons. The minimum atomic E-state index is -0.502. The van der Waals surface area contributed by atoms with Crippen LogP contribution in [0.3, 0.4) is 0 Å². The van der Waals surface area contributed by atoms with Gasteiger partial charge in [-0.15, -0.1) is 0 Å². The molecule has 1 atom stereocenters. The molecule has 0 saturated heterocycles. The van der Waals surface area contributed by atoms with E-state index in [0.29, 0.717) is 6.54 Å². The summed E-state index contributed by atoms with van der Waals surface area (Å²) in [6.45, 7) is 1.29. The molecule has 1 heterocycles. The van der Waals surface area contributed by atoms with Gasteiger partial charge in [-0.25, -0.2) is 0 Å². The van der Waals surface area contributed by atoms with Crippen molar-refractivity contribution in [1.82, 2.24) is 10.3 Å². The molecule has 1 aromatic heterocycles. The predicted molar refractivity (Wildman–Crippen MR) is 111 cm³/mol. The summed E-state index contributed by atoms with van der Waals surface area (Å²) in [6, 6.07) is 23.0. The van der Waals surface area contributed by atoms with Crippen molar-refractivity contribution in [2.45, 2.75) is 18.9 Å². The Hall–Kier alpha value is -3.02. The van der Waals surface area contributed by atoms with E-state index < -0.39 is 6.10 Å². The maximum absolute atomic E-state index is 12.1. The second-order valence-electron chi connectivity index (χ2n) is 6.62. The Kier molecular flexibility index (Phi) is 7.29. The number of aromatic nitrogens is 1. The van der Waals surface area contributed by atoms with E-state index in [1.165, 1.54) is 5.56 Å². The van der Waals surface area contributed by atoms with Crippen LogP contribution in [0.15, 0.2) is 79.0 Å². The van der Waals surface area contributed by atoms with Gasteiger partial charge < -0.3 is 15.7 Å². The maximum atomic E-state index is 12.1. The Labute approximate surface area is 165 Å². The molecule has 0 aliphatic carbocycles. The van der Waals surface area contributed by atoms with Crippen LogP contribution in [-0.2, 0) is 17.6 Å². The van der Waals surface area contributed by atoms with E-state index in [-0.39, 0.29) is 12.3 Å². The average Bonchev–Trinajstić information content (AvgIpc) is 2.73. The van der Waals surface area contributed by atoms with Crippen LogP contribution in [0, 0.1) is 0 Å². The Morgan fingerprint density at radius 1 is 0.964 bits per heavy atom. The van der Waals surface area contributed by atoms with E-state index in [9.17, 15) is 9.90 Å². The number of nitrogens with zero attached hydrogens (tertiary/aromatic N) is 1. The van der Waals surface area contributed by atoms with Crippen LogP contribution in [0.5, 0.6) is 0 Å². The number of hydrogen-bond donors (Lipinski definition) is 3. The van der Waals surface area contributed by atoms with E-state index in [1.807, 2.05) is 72.8 Å². The summed E-state index contributed by atoms with van der Waals surface area (Å²) in [7, 11) is 0. The minimum Gasteiger partial charge on any atom is -0.387 e. The first-order valence-corrected chi connectivity index (χ1v) is 9.43. The van der Waals surface area contributed by atoms with Gasteiger partial charge in [-0.05, 0) is 48.4 Å². The standard InChI is InChI=1S/C23H25N3O2/c27-22(19-6-2-1-3-7-19)17-24-15-13-18-9-11-20(12-10-18)26-23(28)16-21-8-4-5-14-25-21/h1-12,14,22,24,27H,13,15-17H2,(H,26,28). The smallest absolute Gasteiger partial charge is 0.230 e. The molecule has 0 aliphatic rings. The van der Waals surface area contributed by atoms with Crippen LogP contribution in [0.4, 0.5) is 5.69 Å². The normalized spacial score (nSPS) is 11.8. The molecule has 3 rings (SSSR count). The highest BCUT2D eigenvalue weighted by atomic mass is 16.3. The molecule has 2 aromatic carbocycles. The number of benzene rings is 2. The van der Waals surface area contributed by atoms with Crippen molar-refractivity contribution in [3.8, 4) is 0 Å². The molecule has 0 saturated carbocycles. The maximum Gasteiger partial charge on any atom is 0.230 e. The van der Waals surface area contributed by atoms with Crippen LogP contribution in [0.1, 0.15) is 22.9 Å². The Morgan fingerprint density at radius 2 is 1.71 bits per heavy atom. The van der Waals surface area contributed by atoms with Gasteiger partial charge >= 0.3 is 0 Å². The quantitative estimate of drug-likeness (QED) is 0.503. The summed E-state index contributed by atoms with van der Waals surface area (Å²) in [5.74, 6) is -0.0805. The fourth-order valence-electron chi connectivity index (χ4n) is 2.89. The molecule has 0 bridgehead atoms. The highest BCUT2D eigenvalue weighted by Crippen LogP contribution is 2.12. The molecular formula is C23H25N3O2. The van der Waals surface area contributed by atoms with E-state index >= 15 is 0 Å². The van der Waals surface area contributed by atoms with E-state index in [4.69, 9.17) is 0 Å². The second-order valence-corrected chi connectivity index (χ2v) is 6.62. The number of carbonyl (C=O) groups is 1. The number of aliphatic hydroxyl groups excluding tert-OH is 1. The predicted octanol–water partition coefficient (Wildman–Crippen LogP) is 3.13. The monoisotopic (exact) mass is 375 g/mol. The zero-order valence-corrected chi connectivity index (χ0v) is 15.7. The van der Waals surface area contributed by atoms with E-state index in [1.54, 1.807) is 6.20 Å². The fraction of sp³-hybridized carbons (Fsp3) is 0.217. The van der Waals surface area contributed by atoms with E-state index in [2.05, 4.69) is 15.6 Å². The van der Waals surface area contributed by atoms with Crippen LogP contribution >= 0.6 is 0 Å². The molecule has 144 valence electrons. The van der Waals surface area contributed by atoms with Crippen LogP contribution in [-0.4, -0.2) is 29.1 Å². The lowest BCUT2D eigenvalue weighted by atomic mass is 10.1. The van der Waals surface area contributed by atoms with Gasteiger partial charge in [0.25, 0.3) is 0 Å². The minimum absolute atomic E-state index is 0.0805. The van der Waals surface area contributed by atoms with Gasteiger partial charge in [0.15, 0.2) is 0 Å². The Balaban J connectivity index is 1.39. The molecule has 3 N–H and O–H groups in total. The van der Waals surface area contributed by atoms with Crippen molar-refractivity contribution in [3.63, 3.8) is 0 Å². The van der Waals surface area contributed by atoms with Gasteiger partial charge in [0.1, 0.15) is 0 Å². The second kappa shape index (κ2) is 10.3. The molecule has 1 amide bonds. The summed E-state index contributed by atoms with van der Waals surface area (Å²) in [5.41, 5.74) is 3.61. The molecule has 0 fully saturated rings. The molecule has 3 aromatic rings. The lowest BCUT2D eigenvalue weighted by molar-refractivity contribution is -0.115. The number of nitrogens with one attached hydrogen (secondary N) is 2. The highest BCUT2D eigenvalue weighted by molar-refractivity contribution is 5.91. The zero-order chi connectivity index (χ0) is 19.6. The summed E-state index contributed by atoms with van der Waals surface area (Å²) >= 11 is 0. The van der Waals surface area contributed by atoms with Crippen molar-refractivity contribution in [2.75, 3.05) is 18.4 Å². The van der Waals surface area contributed by atoms with Gasteiger partial charge in [0.05, 0.1) is 12.5 Å². The fourth-order valence-corrected chi connectivity index (χ4v) is 2.89. The molecule has 1 unspecified atom stereocenters. The van der Waals surface area contributed by atoms with Gasteiger partial charge in [-0.3, -0.25) is 9.78 Å². The van der Waals surface area contributed by atoms with Crippen molar-refractivity contribution >= 4 is 11.6 Å². The number of pyridine rings is 1. The Bertz CT molecular complexity index is 852. The molecule has 0 aliphatic heterocycles. The first-order valence-electron chi connectivity index (χ1n) is 9.43. The SMILES string of the molecule is O=C(Cc1ccccn1)Nc1ccc(CCNCC(O)c2ccccc2)cc1. The summed E-state index contributed by atoms with van der Waals surface area (Å²) in [6.07, 6.45) is 2.29. The van der Waals surface area contributed by atoms with Crippen molar-refractivity contribution in [1.29, 1.82) is 0 Å². The molecule has 28 heavy (non-hydrogen) atoms. The zero-order valence-electron chi connectivity index (χ0n) is 15.7. The number of anilines is 1. The highest BCUT2D eigenvalue weighted by Gasteiger charge is 2.06. The summed E-state index contributed by atoms with van der Waals surface area (Å²) in [4.78, 5) is 16.2. The van der Waals surface area contributed by atoms with Crippen LogP contribution in [0.2, 0.25) is 0 Å². The molecule has 5 heteroatoms. The van der Waals surface area contributed by atoms with Gasteiger partial charge in [-0.1, -0.05) is 48.5 Å². The third kappa shape index (κ3) is 6.30. The molecule has 0 spiro atoms. The Morgan fingerprint density at radius 3 is 2.43 bits per heavy atom. The van der Waals surface area contributed by atoms with Gasteiger partial charge in [-0.2, -0.15) is 0 Å². The first-order chi connectivity index (χ1) is 13.7. The molecular weight excluding hydrogens is 350 g/mol. The van der Waals surface area contributed by atoms with Crippen molar-refractivity contribution < 1.29 is 9.90 Å². The summed E-state index contributed by atoms with van der Waals surface area (Å²) < 4.78 is 0. The number of rotatable bonds is 9. The van der Waals surface area contributed by atoms with Gasteiger partial charge in [0, 0.05) is 24.1 Å². The number of carbonyl (C=O) groups excluding carboxylic acids is 1. The first kappa shape index (κ1) is 19.7. The topological polar surface area (TPSA) is 74.2 Å². The van der Waals surface area contributed by atoms with Crippen molar-refractivity contribution in [3.05, 3.63) is 95.8 Å². The number of hydrogen-bond acceptors (Lipinski definition) is 4. The lowest BCUT2D eigenvalue weighted by Gasteiger charge is -2.12. The third-order valence-corrected chi connectivity index (χ3v) is 4.42. The van der Waals surface area contributed by atoms with Gasteiger partial charge in [0.2, 0.25) is 5.91 Å². The third-order valence-electron chi connectivity index (χ3n) is 4.42. The van der Waals surface area contributed by atoms with Crippen LogP contribution in [0.25, 0.3) is 0 Å². The van der Waals surface area contributed by atoms with E-state index in [0.717, 1.165) is 29.9 Å². The number of aliphatic hydroxyl groups is 1. The largest absolute Gasteiger partial charge is 0.387 e. The van der Waals surface area contributed by atoms with Crippen molar-refractivity contribution in [2.24, 2.45) is 0 Å². The van der Waals surface area contributed by atoms with Crippen LogP contribution < -0.4 is 10.6 Å². The summed E-state index contributed by atoms with van der Waals surface area (Å²) in [5, 5.41) is 16.3. The lowest BCUT2D eigenvalue weighted by Crippen LogP contribution is -2.23. The molecule has 5 nitrogen and oxygen atoms in total.